The Kier molecular flexibility index (Phi) is 6.32. The van der Waals surface area contributed by atoms with Gasteiger partial charge in [0.1, 0.15) is 0 Å². The van der Waals surface area contributed by atoms with Crippen molar-refractivity contribution >= 4 is 11.8 Å². The molecule has 0 aromatic carbocycles. The molecule has 2 N–H and O–H groups in total. The van der Waals surface area contributed by atoms with E-state index < -0.39 is 0 Å². The quantitative estimate of drug-likeness (QED) is 0.708. The highest BCUT2D eigenvalue weighted by atomic mass is 16.2. The molecule has 110 valence electrons. The molecule has 4 nitrogen and oxygen atoms in total. The van der Waals surface area contributed by atoms with Gasteiger partial charge in [0.25, 0.3) is 0 Å². The molecule has 1 aliphatic rings. The fourth-order valence-corrected chi connectivity index (χ4v) is 1.91. The number of nitrogens with one attached hydrogen (secondary N) is 2. The number of hydrogen-bond donors (Lipinski definition) is 2. The van der Waals surface area contributed by atoms with E-state index in [1.807, 2.05) is 27.7 Å². The van der Waals surface area contributed by atoms with Gasteiger partial charge in [0.05, 0.1) is 0 Å². The molecule has 0 aliphatic heterocycles. The lowest BCUT2D eigenvalue weighted by Crippen LogP contribution is -2.47. The monoisotopic (exact) mass is 268 g/mol. The fourth-order valence-electron chi connectivity index (χ4n) is 1.91. The normalized spacial score (nSPS) is 19.4. The number of carbonyl (C=O) groups excluding carboxylic acids is 2. The van der Waals surface area contributed by atoms with Gasteiger partial charge < -0.3 is 10.6 Å². The van der Waals surface area contributed by atoms with Crippen LogP contribution in [0.1, 0.15) is 53.4 Å². The summed E-state index contributed by atoms with van der Waals surface area (Å²) >= 11 is 0. The van der Waals surface area contributed by atoms with Gasteiger partial charge in [-0.15, -0.1) is 0 Å². The summed E-state index contributed by atoms with van der Waals surface area (Å²) in [6.07, 6.45) is 4.01. The second-order valence-corrected chi connectivity index (χ2v) is 5.82. The van der Waals surface area contributed by atoms with Crippen molar-refractivity contribution < 1.29 is 9.59 Å². The van der Waals surface area contributed by atoms with Crippen LogP contribution in [-0.4, -0.2) is 24.4 Å². The maximum absolute atomic E-state index is 11.9. The van der Waals surface area contributed by atoms with Crippen molar-refractivity contribution in [1.29, 1.82) is 0 Å². The summed E-state index contributed by atoms with van der Waals surface area (Å²) in [4.78, 5) is 23.7. The van der Waals surface area contributed by atoms with Crippen molar-refractivity contribution in [2.75, 3.05) is 6.54 Å². The molecule has 2 amide bonds. The Hall–Kier alpha value is -1.06. The molecule has 0 radical (unpaired) electrons. The van der Waals surface area contributed by atoms with Gasteiger partial charge in [0.15, 0.2) is 0 Å². The van der Waals surface area contributed by atoms with Gasteiger partial charge in [-0.3, -0.25) is 9.59 Å². The third-order valence-corrected chi connectivity index (χ3v) is 4.13. The molecule has 3 atom stereocenters. The predicted molar refractivity (Wildman–Crippen MR) is 76.6 cm³/mol. The van der Waals surface area contributed by atoms with E-state index in [2.05, 4.69) is 10.6 Å². The molecule has 19 heavy (non-hydrogen) atoms. The van der Waals surface area contributed by atoms with Crippen molar-refractivity contribution in [1.82, 2.24) is 10.6 Å². The van der Waals surface area contributed by atoms with Crippen molar-refractivity contribution in [2.45, 2.75) is 59.4 Å². The maximum atomic E-state index is 11.9. The van der Waals surface area contributed by atoms with E-state index in [9.17, 15) is 9.59 Å². The summed E-state index contributed by atoms with van der Waals surface area (Å²) < 4.78 is 0. The Morgan fingerprint density at radius 3 is 2.05 bits per heavy atom. The van der Waals surface area contributed by atoms with Crippen molar-refractivity contribution in [2.24, 2.45) is 17.8 Å². The molecule has 1 aliphatic carbocycles. The van der Waals surface area contributed by atoms with Gasteiger partial charge in [-0.2, -0.15) is 0 Å². The first kappa shape index (κ1) is 16.0. The van der Waals surface area contributed by atoms with Crippen LogP contribution in [0, 0.1) is 17.8 Å². The topological polar surface area (TPSA) is 58.2 Å². The fraction of sp³-hybridized carbons (Fsp3) is 0.867. The lowest BCUT2D eigenvalue weighted by Gasteiger charge is -2.21. The first-order valence-corrected chi connectivity index (χ1v) is 7.57. The van der Waals surface area contributed by atoms with E-state index in [4.69, 9.17) is 0 Å². The zero-order valence-electron chi connectivity index (χ0n) is 12.7. The number of carbonyl (C=O) groups is 2. The van der Waals surface area contributed by atoms with Crippen LogP contribution in [-0.2, 0) is 9.59 Å². The molecule has 0 saturated heterocycles. The molecular formula is C15H28N2O2. The summed E-state index contributed by atoms with van der Waals surface area (Å²) in [5.74, 6) is 0.838. The van der Waals surface area contributed by atoms with E-state index in [1.165, 1.54) is 0 Å². The van der Waals surface area contributed by atoms with Crippen molar-refractivity contribution in [3.05, 3.63) is 0 Å². The second-order valence-electron chi connectivity index (χ2n) is 5.82. The van der Waals surface area contributed by atoms with Crippen LogP contribution in [0.15, 0.2) is 0 Å². The Labute approximate surface area is 116 Å². The lowest BCUT2D eigenvalue weighted by molar-refractivity contribution is -0.127. The average Bonchev–Trinajstić information content (AvgIpc) is 3.25. The van der Waals surface area contributed by atoms with Crippen LogP contribution >= 0.6 is 0 Å². The van der Waals surface area contributed by atoms with E-state index in [0.717, 1.165) is 25.7 Å². The zero-order valence-corrected chi connectivity index (χ0v) is 12.7. The molecule has 1 rings (SSSR count). The standard InChI is InChI=1S/C15H28N2O2/c1-5-10(3)14(18)16-9-13(12-7-8-12)17-15(19)11(4)6-2/h10-13H,5-9H2,1-4H3,(H,16,18)(H,17,19). The molecule has 1 saturated carbocycles. The first-order chi connectivity index (χ1) is 8.99. The average molecular weight is 268 g/mol. The van der Waals surface area contributed by atoms with Crippen LogP contribution in [0.3, 0.4) is 0 Å². The summed E-state index contributed by atoms with van der Waals surface area (Å²) in [5.41, 5.74) is 0. The van der Waals surface area contributed by atoms with Gasteiger partial charge >= 0.3 is 0 Å². The van der Waals surface area contributed by atoms with E-state index in [0.29, 0.717) is 12.5 Å². The molecule has 0 spiro atoms. The largest absolute Gasteiger partial charge is 0.354 e. The molecule has 0 bridgehead atoms. The number of rotatable bonds is 8. The Balaban J connectivity index is 2.41. The predicted octanol–water partition coefficient (Wildman–Crippen LogP) is 2.09. The third kappa shape index (κ3) is 5.21. The summed E-state index contributed by atoms with van der Waals surface area (Å²) in [6, 6.07) is 0.106. The van der Waals surface area contributed by atoms with Crippen LogP contribution in [0.2, 0.25) is 0 Å². The third-order valence-electron chi connectivity index (χ3n) is 4.13. The van der Waals surface area contributed by atoms with Gasteiger partial charge in [-0.25, -0.2) is 0 Å². The molecule has 4 heteroatoms. The highest BCUT2D eigenvalue weighted by molar-refractivity contribution is 5.79. The van der Waals surface area contributed by atoms with Gasteiger partial charge in [-0.05, 0) is 31.6 Å². The lowest BCUT2D eigenvalue weighted by atomic mass is 10.1. The minimum absolute atomic E-state index is 0.0464. The smallest absolute Gasteiger partial charge is 0.223 e. The minimum atomic E-state index is 0.0464. The molecular weight excluding hydrogens is 240 g/mol. The van der Waals surface area contributed by atoms with Crippen molar-refractivity contribution in [3.63, 3.8) is 0 Å². The highest BCUT2D eigenvalue weighted by Crippen LogP contribution is 2.32. The molecule has 0 aromatic rings. The second kappa shape index (κ2) is 7.51. The SMILES string of the molecule is CCC(C)C(=O)NCC(NC(=O)C(C)CC)C1CC1. The molecule has 0 aromatic heterocycles. The van der Waals surface area contributed by atoms with E-state index >= 15 is 0 Å². The number of hydrogen-bond acceptors (Lipinski definition) is 2. The maximum Gasteiger partial charge on any atom is 0.223 e. The highest BCUT2D eigenvalue weighted by Gasteiger charge is 2.33. The minimum Gasteiger partial charge on any atom is -0.354 e. The Morgan fingerprint density at radius 2 is 1.58 bits per heavy atom. The Bertz CT molecular complexity index is 313. The molecule has 1 fully saturated rings. The van der Waals surface area contributed by atoms with Crippen LogP contribution in [0.5, 0.6) is 0 Å². The van der Waals surface area contributed by atoms with E-state index in [1.54, 1.807) is 0 Å². The number of amides is 2. The van der Waals surface area contributed by atoms with Crippen LogP contribution in [0.25, 0.3) is 0 Å². The van der Waals surface area contributed by atoms with Crippen molar-refractivity contribution in [3.8, 4) is 0 Å². The first-order valence-electron chi connectivity index (χ1n) is 7.57. The molecule has 3 unspecified atom stereocenters. The van der Waals surface area contributed by atoms with Crippen LogP contribution < -0.4 is 10.6 Å². The summed E-state index contributed by atoms with van der Waals surface area (Å²) in [5, 5.41) is 6.05. The Morgan fingerprint density at radius 1 is 1.05 bits per heavy atom. The van der Waals surface area contributed by atoms with Gasteiger partial charge in [0, 0.05) is 24.4 Å². The summed E-state index contributed by atoms with van der Waals surface area (Å²) in [6.45, 7) is 8.46. The van der Waals surface area contributed by atoms with Crippen LogP contribution in [0.4, 0.5) is 0 Å². The van der Waals surface area contributed by atoms with E-state index in [-0.39, 0.29) is 29.7 Å². The van der Waals surface area contributed by atoms with Gasteiger partial charge in [0.2, 0.25) is 11.8 Å². The molecule has 0 heterocycles. The van der Waals surface area contributed by atoms with Gasteiger partial charge in [-0.1, -0.05) is 27.7 Å². The zero-order chi connectivity index (χ0) is 14.4. The summed E-state index contributed by atoms with van der Waals surface area (Å²) in [7, 11) is 0.